The smallest absolute Gasteiger partial charge is 0.324 e. The molecule has 0 heterocycles. The van der Waals surface area contributed by atoms with Crippen molar-refractivity contribution in [3.8, 4) is 5.75 Å². The summed E-state index contributed by atoms with van der Waals surface area (Å²) in [5.74, 6) is 0.0587. The highest BCUT2D eigenvalue weighted by atomic mass is 16.5. The van der Waals surface area contributed by atoms with Gasteiger partial charge in [0.05, 0.1) is 0 Å². The molecule has 1 rings (SSSR count). The minimum Gasteiger partial charge on any atom is -0.426 e. The number of rotatable bonds is 9. The molecule has 0 amide bonds. The van der Waals surface area contributed by atoms with Crippen LogP contribution < -0.4 is 4.74 Å². The lowest BCUT2D eigenvalue weighted by Gasteiger charge is -2.24. The van der Waals surface area contributed by atoms with Crippen molar-refractivity contribution in [1.82, 2.24) is 0 Å². The number of carbonyl (C=O) groups excluding carboxylic acids is 2. The second kappa shape index (κ2) is 8.51. The zero-order valence-electron chi connectivity index (χ0n) is 12.4. The Labute approximate surface area is 121 Å². The first-order valence-corrected chi connectivity index (χ1v) is 7.42. The van der Waals surface area contributed by atoms with E-state index in [1.54, 1.807) is 24.3 Å². The highest BCUT2D eigenvalue weighted by molar-refractivity contribution is 5.94. The lowest BCUT2D eigenvalue weighted by Crippen LogP contribution is -2.36. The van der Waals surface area contributed by atoms with Crippen molar-refractivity contribution in [2.45, 2.75) is 52.4 Å². The van der Waals surface area contributed by atoms with E-state index in [1.807, 2.05) is 13.0 Å². The van der Waals surface area contributed by atoms with Crippen molar-refractivity contribution >= 4 is 12.3 Å². The number of esters is 1. The zero-order chi connectivity index (χ0) is 14.8. The third kappa shape index (κ3) is 4.48. The highest BCUT2D eigenvalue weighted by Crippen LogP contribution is 2.29. The molecule has 1 aromatic rings. The molecule has 0 aromatic heterocycles. The minimum atomic E-state index is -0.996. The number of hydrogen-bond donors (Lipinski definition) is 0. The fourth-order valence-electron chi connectivity index (χ4n) is 2.18. The number of para-hydroxylation sites is 1. The van der Waals surface area contributed by atoms with Crippen LogP contribution in [0.25, 0.3) is 0 Å². The summed E-state index contributed by atoms with van der Waals surface area (Å²) in [6.07, 6.45) is 6.01. The van der Waals surface area contributed by atoms with Crippen molar-refractivity contribution in [1.29, 1.82) is 0 Å². The Balaban J connectivity index is 2.68. The summed E-state index contributed by atoms with van der Waals surface area (Å²) < 4.78 is 5.35. The van der Waals surface area contributed by atoms with Crippen molar-refractivity contribution < 1.29 is 14.3 Å². The Hall–Kier alpha value is -1.64. The van der Waals surface area contributed by atoms with Gasteiger partial charge in [0.15, 0.2) is 0 Å². The Morgan fingerprint density at radius 2 is 1.85 bits per heavy atom. The van der Waals surface area contributed by atoms with Gasteiger partial charge in [-0.1, -0.05) is 57.7 Å². The number of benzene rings is 1. The number of ether oxygens (including phenoxy) is 1. The number of aldehydes is 1. The summed E-state index contributed by atoms with van der Waals surface area (Å²) in [6.45, 7) is 4.00. The third-order valence-electron chi connectivity index (χ3n) is 3.69. The molecule has 1 atom stereocenters. The molecule has 0 radical (unpaired) electrons. The van der Waals surface area contributed by atoms with Crippen molar-refractivity contribution in [3.63, 3.8) is 0 Å². The lowest BCUT2D eigenvalue weighted by atomic mass is 9.81. The largest absolute Gasteiger partial charge is 0.426 e. The first-order chi connectivity index (χ1) is 9.68. The number of carbonyl (C=O) groups is 2. The normalized spacial score (nSPS) is 13.5. The summed E-state index contributed by atoms with van der Waals surface area (Å²) in [6, 6.07) is 8.91. The number of hydrogen-bond acceptors (Lipinski definition) is 3. The highest BCUT2D eigenvalue weighted by Gasteiger charge is 2.38. The van der Waals surface area contributed by atoms with Gasteiger partial charge in [0.25, 0.3) is 0 Å². The van der Waals surface area contributed by atoms with Gasteiger partial charge in [-0.25, -0.2) is 0 Å². The summed E-state index contributed by atoms with van der Waals surface area (Å²) in [4.78, 5) is 23.8. The molecule has 0 bridgehead atoms. The molecule has 1 unspecified atom stereocenters. The molecule has 0 aliphatic carbocycles. The average molecular weight is 276 g/mol. The van der Waals surface area contributed by atoms with Crippen LogP contribution in [0.3, 0.4) is 0 Å². The predicted molar refractivity (Wildman–Crippen MR) is 79.6 cm³/mol. The van der Waals surface area contributed by atoms with E-state index in [2.05, 4.69) is 6.92 Å². The SMILES string of the molecule is CCCCCCC(C=O)(CC)C(=O)Oc1ccccc1. The maximum atomic E-state index is 12.3. The van der Waals surface area contributed by atoms with E-state index in [4.69, 9.17) is 4.74 Å². The fraction of sp³-hybridized carbons (Fsp3) is 0.529. The Bertz CT molecular complexity index is 414. The van der Waals surface area contributed by atoms with Crippen molar-refractivity contribution in [3.05, 3.63) is 30.3 Å². The van der Waals surface area contributed by atoms with Gasteiger partial charge in [-0.2, -0.15) is 0 Å². The molecule has 0 spiro atoms. The van der Waals surface area contributed by atoms with Gasteiger partial charge in [0, 0.05) is 0 Å². The van der Waals surface area contributed by atoms with Crippen LogP contribution in [0.15, 0.2) is 30.3 Å². The van der Waals surface area contributed by atoms with Crippen molar-refractivity contribution in [2.24, 2.45) is 5.41 Å². The second-order valence-electron chi connectivity index (χ2n) is 5.14. The topological polar surface area (TPSA) is 43.4 Å². The first kappa shape index (κ1) is 16.4. The van der Waals surface area contributed by atoms with E-state index in [1.165, 1.54) is 0 Å². The minimum absolute atomic E-state index is 0.433. The van der Waals surface area contributed by atoms with E-state index in [9.17, 15) is 9.59 Å². The molecular formula is C17H24O3. The maximum Gasteiger partial charge on any atom is 0.324 e. The van der Waals surface area contributed by atoms with E-state index in [0.717, 1.165) is 32.0 Å². The van der Waals surface area contributed by atoms with Crippen LogP contribution in [-0.4, -0.2) is 12.3 Å². The third-order valence-corrected chi connectivity index (χ3v) is 3.69. The molecule has 0 aliphatic heterocycles. The molecule has 0 saturated carbocycles. The van der Waals surface area contributed by atoms with Crippen LogP contribution in [0.1, 0.15) is 52.4 Å². The van der Waals surface area contributed by atoms with Crippen molar-refractivity contribution in [2.75, 3.05) is 0 Å². The van der Waals surface area contributed by atoms with Crippen LogP contribution in [0.4, 0.5) is 0 Å². The molecule has 110 valence electrons. The molecule has 0 saturated heterocycles. The van der Waals surface area contributed by atoms with Gasteiger partial charge in [0.1, 0.15) is 17.5 Å². The molecule has 0 N–H and O–H groups in total. The van der Waals surface area contributed by atoms with Crippen LogP contribution in [-0.2, 0) is 9.59 Å². The van der Waals surface area contributed by atoms with E-state index in [0.29, 0.717) is 18.6 Å². The number of unbranched alkanes of at least 4 members (excludes halogenated alkanes) is 3. The second-order valence-corrected chi connectivity index (χ2v) is 5.14. The van der Waals surface area contributed by atoms with Crippen LogP contribution in [0.2, 0.25) is 0 Å². The molecule has 1 aromatic carbocycles. The maximum absolute atomic E-state index is 12.3. The average Bonchev–Trinajstić information content (AvgIpc) is 2.49. The van der Waals surface area contributed by atoms with Gasteiger partial charge in [-0.3, -0.25) is 4.79 Å². The molecule has 3 nitrogen and oxygen atoms in total. The summed E-state index contributed by atoms with van der Waals surface area (Å²) in [5.41, 5.74) is -0.996. The van der Waals surface area contributed by atoms with E-state index >= 15 is 0 Å². The molecule has 20 heavy (non-hydrogen) atoms. The summed E-state index contributed by atoms with van der Waals surface area (Å²) in [5, 5.41) is 0. The monoisotopic (exact) mass is 276 g/mol. The fourth-order valence-corrected chi connectivity index (χ4v) is 2.18. The quantitative estimate of drug-likeness (QED) is 0.224. The Morgan fingerprint density at radius 3 is 2.40 bits per heavy atom. The van der Waals surface area contributed by atoms with E-state index < -0.39 is 11.4 Å². The van der Waals surface area contributed by atoms with Gasteiger partial charge >= 0.3 is 5.97 Å². The van der Waals surface area contributed by atoms with E-state index in [-0.39, 0.29) is 0 Å². The van der Waals surface area contributed by atoms with Crippen LogP contribution in [0.5, 0.6) is 5.75 Å². The van der Waals surface area contributed by atoms with Crippen LogP contribution >= 0.6 is 0 Å². The molecule has 0 fully saturated rings. The van der Waals surface area contributed by atoms with Gasteiger partial charge in [-0.15, -0.1) is 0 Å². The molecule has 0 aliphatic rings. The standard InChI is InChI=1S/C17H24O3/c1-3-5-6-10-13-17(4-2,14-18)16(19)20-15-11-8-7-9-12-15/h7-9,11-12,14H,3-6,10,13H2,1-2H3. The first-order valence-electron chi connectivity index (χ1n) is 7.42. The van der Waals surface area contributed by atoms with Gasteiger partial charge in [-0.05, 0) is 25.0 Å². The molecule has 3 heteroatoms. The van der Waals surface area contributed by atoms with Crippen LogP contribution in [0, 0.1) is 5.41 Å². The summed E-state index contributed by atoms with van der Waals surface area (Å²) >= 11 is 0. The Morgan fingerprint density at radius 1 is 1.15 bits per heavy atom. The Kier molecular flexibility index (Phi) is 6.99. The molecular weight excluding hydrogens is 252 g/mol. The van der Waals surface area contributed by atoms with Gasteiger partial charge < -0.3 is 9.53 Å². The predicted octanol–water partition coefficient (Wildman–Crippen LogP) is 4.16. The summed E-state index contributed by atoms with van der Waals surface area (Å²) in [7, 11) is 0. The van der Waals surface area contributed by atoms with Gasteiger partial charge in [0.2, 0.25) is 0 Å². The lowest BCUT2D eigenvalue weighted by molar-refractivity contribution is -0.149. The zero-order valence-corrected chi connectivity index (χ0v) is 12.4.